The molecule has 6 aromatic rings. The van der Waals surface area contributed by atoms with E-state index in [4.69, 9.17) is 0 Å². The van der Waals surface area contributed by atoms with Crippen LogP contribution in [0.25, 0.3) is 55.6 Å². The van der Waals surface area contributed by atoms with Crippen molar-refractivity contribution < 1.29 is 9.50 Å². The van der Waals surface area contributed by atoms with Gasteiger partial charge in [0.05, 0.1) is 11.2 Å². The highest BCUT2D eigenvalue weighted by atomic mass is 19.1. The van der Waals surface area contributed by atoms with Crippen molar-refractivity contribution in [3.8, 4) is 39.4 Å². The van der Waals surface area contributed by atoms with E-state index in [0.29, 0.717) is 11.2 Å². The molecule has 1 fully saturated rings. The smallest absolute Gasteiger partial charge is 0.138 e. The number of piperidine rings is 1. The van der Waals surface area contributed by atoms with Gasteiger partial charge in [0.25, 0.3) is 0 Å². The maximum absolute atomic E-state index is 14.0. The number of hydrogen-bond acceptors (Lipinski definition) is 5. The van der Waals surface area contributed by atoms with E-state index in [1.807, 2.05) is 30.6 Å². The minimum atomic E-state index is -0.494. The summed E-state index contributed by atoms with van der Waals surface area (Å²) in [5.74, 6) is -0.614. The van der Waals surface area contributed by atoms with Crippen molar-refractivity contribution >= 4 is 21.9 Å². The number of phenolic OH excluding ortho intramolecular Hbond substituents is 1. The van der Waals surface area contributed by atoms with E-state index in [2.05, 4.69) is 48.2 Å². The van der Waals surface area contributed by atoms with Crippen LogP contribution in [0.2, 0.25) is 0 Å². The number of aromatic nitrogens is 5. The molecular weight excluding hydrogens is 491 g/mol. The van der Waals surface area contributed by atoms with Crippen LogP contribution in [0.4, 0.5) is 4.39 Å². The van der Waals surface area contributed by atoms with Gasteiger partial charge in [-0.25, -0.2) is 9.37 Å². The van der Waals surface area contributed by atoms with Crippen molar-refractivity contribution in [3.63, 3.8) is 0 Å². The molecule has 8 heteroatoms. The number of hydrogen-bond donors (Lipinski definition) is 3. The van der Waals surface area contributed by atoms with E-state index in [1.54, 1.807) is 12.3 Å². The Labute approximate surface area is 224 Å². The number of aromatic hydroxyl groups is 1. The summed E-state index contributed by atoms with van der Waals surface area (Å²) in [4.78, 5) is 14.9. The quantitative estimate of drug-likeness (QED) is 0.237. The molecule has 3 N–H and O–H groups in total. The first-order valence-corrected chi connectivity index (χ1v) is 13.2. The average Bonchev–Trinajstić information content (AvgIpc) is 3.57. The third kappa shape index (κ3) is 4.53. The van der Waals surface area contributed by atoms with E-state index in [9.17, 15) is 9.50 Å². The minimum Gasteiger partial charge on any atom is -0.508 e. The van der Waals surface area contributed by atoms with Crippen molar-refractivity contribution in [1.29, 1.82) is 0 Å². The molecule has 1 aliphatic heterocycles. The summed E-state index contributed by atoms with van der Waals surface area (Å²) in [6.45, 7) is 3.22. The van der Waals surface area contributed by atoms with Crippen LogP contribution in [-0.4, -0.2) is 48.2 Å². The lowest BCUT2D eigenvalue weighted by atomic mass is 10.0. The standard InChI is InChI=1S/C31H27FN6O/c32-23-11-21(12-24(39)14-23)25-6-7-34-31-26(25)15-29(35-31)30-27-13-20(4-5-28(27)36-37-30)22-10-19(16-33-17-22)18-38-8-2-1-3-9-38/h4-7,10-17,39H,1-3,8-9,18H2,(H,34,35)(H,36,37). The van der Waals surface area contributed by atoms with Crippen LogP contribution in [-0.2, 0) is 6.54 Å². The maximum atomic E-state index is 14.0. The molecule has 2 aromatic carbocycles. The molecule has 0 atom stereocenters. The highest BCUT2D eigenvalue weighted by Crippen LogP contribution is 2.35. The van der Waals surface area contributed by atoms with Crippen LogP contribution < -0.4 is 0 Å². The molecule has 1 aliphatic rings. The number of likely N-dealkylation sites (tertiary alicyclic amines) is 1. The summed E-state index contributed by atoms with van der Waals surface area (Å²) in [6, 6.07) is 16.3. The van der Waals surface area contributed by atoms with Gasteiger partial charge in [-0.1, -0.05) is 12.5 Å². The highest BCUT2D eigenvalue weighted by Gasteiger charge is 2.16. The van der Waals surface area contributed by atoms with Crippen LogP contribution in [0.1, 0.15) is 24.8 Å². The van der Waals surface area contributed by atoms with Crippen molar-refractivity contribution in [3.05, 3.63) is 84.6 Å². The van der Waals surface area contributed by atoms with Gasteiger partial charge in [0.1, 0.15) is 22.9 Å². The highest BCUT2D eigenvalue weighted by molar-refractivity contribution is 6.00. The number of phenols is 1. The molecular formula is C31H27FN6O. The Kier molecular flexibility index (Phi) is 5.82. The first-order valence-electron chi connectivity index (χ1n) is 13.2. The second kappa shape index (κ2) is 9.63. The van der Waals surface area contributed by atoms with Crippen LogP contribution in [0.15, 0.2) is 73.2 Å². The Hall–Kier alpha value is -4.56. The van der Waals surface area contributed by atoms with Gasteiger partial charge in [-0.3, -0.25) is 15.0 Å². The van der Waals surface area contributed by atoms with Gasteiger partial charge < -0.3 is 10.1 Å². The summed E-state index contributed by atoms with van der Waals surface area (Å²) >= 11 is 0. The molecule has 39 heavy (non-hydrogen) atoms. The van der Waals surface area contributed by atoms with Crippen LogP contribution in [0.5, 0.6) is 5.75 Å². The third-order valence-electron chi connectivity index (χ3n) is 7.53. The molecule has 194 valence electrons. The zero-order valence-electron chi connectivity index (χ0n) is 21.3. The molecule has 0 bridgehead atoms. The molecule has 0 amide bonds. The molecule has 4 aromatic heterocycles. The number of pyridine rings is 2. The predicted octanol–water partition coefficient (Wildman–Crippen LogP) is 6.67. The lowest BCUT2D eigenvalue weighted by molar-refractivity contribution is 0.220. The summed E-state index contributed by atoms with van der Waals surface area (Å²) < 4.78 is 14.0. The number of nitrogens with one attached hydrogen (secondary N) is 2. The molecule has 7 nitrogen and oxygen atoms in total. The summed E-state index contributed by atoms with van der Waals surface area (Å²) in [6.07, 6.45) is 9.40. The van der Waals surface area contributed by atoms with Crippen LogP contribution in [0, 0.1) is 5.82 Å². The molecule has 0 aliphatic carbocycles. The Morgan fingerprint density at radius 1 is 0.872 bits per heavy atom. The number of nitrogens with zero attached hydrogens (tertiary/aromatic N) is 4. The summed E-state index contributed by atoms with van der Waals surface area (Å²) in [5.41, 5.74) is 7.88. The Balaban J connectivity index is 1.26. The maximum Gasteiger partial charge on any atom is 0.138 e. The minimum absolute atomic E-state index is 0.119. The van der Waals surface area contributed by atoms with E-state index in [1.165, 1.54) is 30.9 Å². The monoisotopic (exact) mass is 518 g/mol. The second-order valence-electron chi connectivity index (χ2n) is 10.3. The Morgan fingerprint density at radius 2 is 1.77 bits per heavy atom. The van der Waals surface area contributed by atoms with Crippen molar-refractivity contribution in [2.24, 2.45) is 0 Å². The summed E-state index contributed by atoms with van der Waals surface area (Å²) in [5, 5.41) is 19.5. The van der Waals surface area contributed by atoms with Crippen molar-refractivity contribution in [1.82, 2.24) is 30.0 Å². The van der Waals surface area contributed by atoms with E-state index < -0.39 is 5.82 Å². The lowest BCUT2D eigenvalue weighted by Gasteiger charge is -2.26. The Bertz CT molecular complexity index is 1800. The van der Waals surface area contributed by atoms with Gasteiger partial charge in [-0.05, 0) is 90.6 Å². The molecule has 0 saturated carbocycles. The molecule has 0 unspecified atom stereocenters. The number of halogens is 1. The first-order chi connectivity index (χ1) is 19.1. The largest absolute Gasteiger partial charge is 0.508 e. The van der Waals surface area contributed by atoms with Crippen LogP contribution >= 0.6 is 0 Å². The van der Waals surface area contributed by atoms with E-state index >= 15 is 0 Å². The predicted molar refractivity (Wildman–Crippen MR) is 151 cm³/mol. The number of fused-ring (bicyclic) bond motifs is 2. The molecule has 0 spiro atoms. The van der Waals surface area contributed by atoms with Gasteiger partial charge >= 0.3 is 0 Å². The fourth-order valence-corrected chi connectivity index (χ4v) is 5.64. The zero-order chi connectivity index (χ0) is 26.3. The topological polar surface area (TPSA) is 93.7 Å². The van der Waals surface area contributed by atoms with E-state index in [0.717, 1.165) is 70.1 Å². The first kappa shape index (κ1) is 23.5. The van der Waals surface area contributed by atoms with Crippen molar-refractivity contribution in [2.45, 2.75) is 25.8 Å². The average molecular weight is 519 g/mol. The number of benzene rings is 2. The molecule has 7 rings (SSSR count). The molecule has 1 saturated heterocycles. The van der Waals surface area contributed by atoms with Gasteiger partial charge in [-0.15, -0.1) is 0 Å². The fraction of sp³-hybridized carbons (Fsp3) is 0.194. The summed E-state index contributed by atoms with van der Waals surface area (Å²) in [7, 11) is 0. The van der Waals surface area contributed by atoms with Gasteiger partial charge in [-0.2, -0.15) is 5.10 Å². The molecule has 5 heterocycles. The molecule has 0 radical (unpaired) electrons. The normalized spacial score (nSPS) is 14.4. The number of rotatable bonds is 5. The SMILES string of the molecule is Oc1cc(F)cc(-c2ccnc3[nH]c(-c4n[nH]c5ccc(-c6cncc(CN7CCCCC7)c6)cc45)cc23)c1. The van der Waals surface area contributed by atoms with Crippen LogP contribution in [0.3, 0.4) is 0 Å². The third-order valence-corrected chi connectivity index (χ3v) is 7.53. The van der Waals surface area contributed by atoms with Gasteiger partial charge in [0, 0.05) is 47.5 Å². The fourth-order valence-electron chi connectivity index (χ4n) is 5.64. The lowest BCUT2D eigenvalue weighted by Crippen LogP contribution is -2.29. The Morgan fingerprint density at radius 3 is 2.64 bits per heavy atom. The zero-order valence-corrected chi connectivity index (χ0v) is 21.3. The van der Waals surface area contributed by atoms with Gasteiger partial charge in [0.2, 0.25) is 0 Å². The van der Waals surface area contributed by atoms with Crippen molar-refractivity contribution in [2.75, 3.05) is 13.1 Å². The number of aromatic amines is 2. The number of H-pyrrole nitrogens is 2. The van der Waals surface area contributed by atoms with Gasteiger partial charge in [0.15, 0.2) is 0 Å². The second-order valence-corrected chi connectivity index (χ2v) is 10.3. The van der Waals surface area contributed by atoms with E-state index in [-0.39, 0.29) is 5.75 Å².